The number of aryl methyl sites for hydroxylation is 1. The van der Waals surface area contributed by atoms with Crippen molar-refractivity contribution in [2.75, 3.05) is 0 Å². The molecule has 2 aromatic heterocycles. The van der Waals surface area contributed by atoms with Crippen molar-refractivity contribution in [3.8, 4) is 0 Å². The Hall–Kier alpha value is -1.31. The van der Waals surface area contributed by atoms with Gasteiger partial charge in [-0.3, -0.25) is 10.2 Å². The number of rotatable bonds is 4. The third kappa shape index (κ3) is 3.09. The first-order valence-corrected chi connectivity index (χ1v) is 6.64. The summed E-state index contributed by atoms with van der Waals surface area (Å²) >= 11 is 2.91. The molecule has 0 unspecified atom stereocenters. The predicted molar refractivity (Wildman–Crippen MR) is 66.8 cm³/mol. The van der Waals surface area contributed by atoms with Crippen molar-refractivity contribution < 1.29 is 9.21 Å². The highest BCUT2D eigenvalue weighted by molar-refractivity contribution is 7.98. The monoisotopic (exact) mass is 269 g/mol. The largest absolute Gasteiger partial charge is 0.440 e. The van der Waals surface area contributed by atoms with E-state index in [1.807, 2.05) is 13.0 Å². The van der Waals surface area contributed by atoms with Crippen molar-refractivity contribution in [2.24, 2.45) is 5.84 Å². The Kier molecular flexibility index (Phi) is 3.82. The minimum Gasteiger partial charge on any atom is -0.440 e. The second-order valence-electron chi connectivity index (χ2n) is 3.28. The normalized spacial score (nSPS) is 10.5. The average molecular weight is 269 g/mol. The minimum absolute atomic E-state index is 0.266. The molecule has 0 aliphatic heterocycles. The summed E-state index contributed by atoms with van der Waals surface area (Å²) in [6.07, 6.45) is 1.62. The van der Waals surface area contributed by atoms with Gasteiger partial charge in [0.1, 0.15) is 6.26 Å². The van der Waals surface area contributed by atoms with E-state index in [9.17, 15) is 4.79 Å². The Bertz CT molecular complexity index is 521. The topological polar surface area (TPSA) is 81.2 Å². The molecule has 0 atom stereocenters. The Balaban J connectivity index is 1.95. The molecule has 2 heterocycles. The van der Waals surface area contributed by atoms with Gasteiger partial charge in [-0.05, 0) is 19.1 Å². The lowest BCUT2D eigenvalue weighted by atomic mass is 10.4. The van der Waals surface area contributed by atoms with Crippen LogP contribution in [0.2, 0.25) is 0 Å². The van der Waals surface area contributed by atoms with E-state index in [1.54, 1.807) is 12.3 Å². The van der Waals surface area contributed by atoms with E-state index in [-0.39, 0.29) is 5.91 Å². The molecule has 17 heavy (non-hydrogen) atoms. The maximum atomic E-state index is 11.2. The number of carbonyl (C=O) groups excluding carboxylic acids is 1. The zero-order valence-electron chi connectivity index (χ0n) is 9.10. The van der Waals surface area contributed by atoms with Gasteiger partial charge in [0.15, 0.2) is 0 Å². The summed E-state index contributed by atoms with van der Waals surface area (Å²) in [6.45, 7) is 1.88. The first-order valence-electron chi connectivity index (χ1n) is 4.83. The number of hydrogen-bond donors (Lipinski definition) is 2. The lowest BCUT2D eigenvalue weighted by molar-refractivity contribution is 0.0957. The molecular weight excluding hydrogens is 258 g/mol. The second kappa shape index (κ2) is 5.35. The Morgan fingerprint density at radius 2 is 2.47 bits per heavy atom. The quantitative estimate of drug-likeness (QED) is 0.384. The third-order valence-corrected chi connectivity index (χ3v) is 4.11. The molecule has 0 fully saturated rings. The van der Waals surface area contributed by atoms with Gasteiger partial charge in [0.25, 0.3) is 11.1 Å². The predicted octanol–water partition coefficient (Wildman–Crippen LogP) is 1.94. The number of hydrazine groups is 1. The van der Waals surface area contributed by atoms with Crippen molar-refractivity contribution in [3.05, 3.63) is 33.8 Å². The molecule has 0 aliphatic carbocycles. The zero-order valence-corrected chi connectivity index (χ0v) is 10.7. The van der Waals surface area contributed by atoms with Crippen molar-refractivity contribution in [2.45, 2.75) is 17.9 Å². The van der Waals surface area contributed by atoms with Crippen LogP contribution in [0.15, 0.2) is 28.0 Å². The molecule has 5 nitrogen and oxygen atoms in total. The van der Waals surface area contributed by atoms with E-state index in [0.717, 1.165) is 16.3 Å². The number of nitrogens with one attached hydrogen (secondary N) is 1. The molecule has 0 radical (unpaired) electrons. The highest BCUT2D eigenvalue weighted by Crippen LogP contribution is 2.26. The first-order chi connectivity index (χ1) is 8.19. The molecule has 0 aromatic carbocycles. The maximum Gasteiger partial charge on any atom is 0.275 e. The number of nitrogens with zero attached hydrogens (tertiary/aromatic N) is 1. The summed E-state index contributed by atoms with van der Waals surface area (Å²) in [4.78, 5) is 17.1. The number of nitrogen functional groups attached to an aromatic ring is 1. The van der Waals surface area contributed by atoms with E-state index in [4.69, 9.17) is 10.3 Å². The van der Waals surface area contributed by atoms with Crippen LogP contribution in [0, 0.1) is 6.92 Å². The van der Waals surface area contributed by atoms with E-state index in [0.29, 0.717) is 10.1 Å². The van der Waals surface area contributed by atoms with Crippen LogP contribution in [0.4, 0.5) is 0 Å². The summed E-state index contributed by atoms with van der Waals surface area (Å²) in [7, 11) is 0. The highest BCUT2D eigenvalue weighted by atomic mass is 32.2. The molecule has 2 rings (SSSR count). The van der Waals surface area contributed by atoms with Gasteiger partial charge in [0.05, 0.1) is 10.6 Å². The Morgan fingerprint density at radius 1 is 1.65 bits per heavy atom. The van der Waals surface area contributed by atoms with Crippen LogP contribution in [0.5, 0.6) is 0 Å². The van der Waals surface area contributed by atoms with Gasteiger partial charge in [-0.1, -0.05) is 11.8 Å². The molecule has 90 valence electrons. The van der Waals surface area contributed by atoms with Gasteiger partial charge < -0.3 is 4.42 Å². The molecule has 0 saturated carbocycles. The van der Waals surface area contributed by atoms with Gasteiger partial charge in [-0.2, -0.15) is 0 Å². The lowest BCUT2D eigenvalue weighted by Gasteiger charge is -1.94. The van der Waals surface area contributed by atoms with E-state index in [1.165, 1.54) is 23.1 Å². The minimum atomic E-state index is -0.266. The molecule has 0 bridgehead atoms. The molecule has 0 spiro atoms. The number of carbonyl (C=O) groups is 1. The number of aromatic nitrogens is 1. The van der Waals surface area contributed by atoms with E-state index < -0.39 is 0 Å². The smallest absolute Gasteiger partial charge is 0.275 e. The standard InChI is InChI=1S/C10H11N3O2S2/c1-6-4-15-10(12-6)16-5-7-2-3-8(17-7)9(14)13-11/h2-4H,5,11H2,1H3,(H,13,14). The molecule has 0 saturated heterocycles. The van der Waals surface area contributed by atoms with Crippen molar-refractivity contribution in [3.63, 3.8) is 0 Å². The average Bonchev–Trinajstić information content (AvgIpc) is 2.94. The lowest BCUT2D eigenvalue weighted by Crippen LogP contribution is -2.29. The van der Waals surface area contributed by atoms with E-state index in [2.05, 4.69) is 10.4 Å². The van der Waals surface area contributed by atoms with Crippen LogP contribution in [-0.4, -0.2) is 10.9 Å². The summed E-state index contributed by atoms with van der Waals surface area (Å²) in [5.74, 6) is 5.52. The zero-order chi connectivity index (χ0) is 12.3. The fraction of sp³-hybridized carbons (Fsp3) is 0.200. The van der Waals surface area contributed by atoms with Gasteiger partial charge in [-0.25, -0.2) is 10.8 Å². The fourth-order valence-corrected chi connectivity index (χ4v) is 2.99. The molecular formula is C10H11N3O2S2. The van der Waals surface area contributed by atoms with Gasteiger partial charge in [0, 0.05) is 10.6 Å². The molecule has 0 aliphatic rings. The van der Waals surface area contributed by atoms with Crippen molar-refractivity contribution in [1.29, 1.82) is 0 Å². The van der Waals surface area contributed by atoms with Crippen LogP contribution in [-0.2, 0) is 5.75 Å². The number of nitrogens with two attached hydrogens (primary N) is 1. The highest BCUT2D eigenvalue weighted by Gasteiger charge is 2.09. The van der Waals surface area contributed by atoms with Gasteiger partial charge in [-0.15, -0.1) is 11.3 Å². The van der Waals surface area contributed by atoms with Crippen LogP contribution in [0.3, 0.4) is 0 Å². The second-order valence-corrected chi connectivity index (χ2v) is 5.38. The maximum absolute atomic E-state index is 11.2. The van der Waals surface area contributed by atoms with Crippen molar-refractivity contribution >= 4 is 29.0 Å². The summed E-state index contributed by atoms with van der Waals surface area (Å²) in [5, 5.41) is 0.640. The number of hydrogen-bond acceptors (Lipinski definition) is 6. The van der Waals surface area contributed by atoms with Crippen LogP contribution >= 0.6 is 23.1 Å². The van der Waals surface area contributed by atoms with Gasteiger partial charge in [0.2, 0.25) is 0 Å². The summed E-state index contributed by atoms with van der Waals surface area (Å²) in [5.41, 5.74) is 2.97. The van der Waals surface area contributed by atoms with Crippen LogP contribution in [0.25, 0.3) is 0 Å². The number of thiophene rings is 1. The van der Waals surface area contributed by atoms with E-state index >= 15 is 0 Å². The number of amides is 1. The van der Waals surface area contributed by atoms with Gasteiger partial charge >= 0.3 is 0 Å². The number of thioether (sulfide) groups is 1. The third-order valence-electron chi connectivity index (χ3n) is 1.95. The number of oxazole rings is 1. The van der Waals surface area contributed by atoms with Crippen molar-refractivity contribution in [1.82, 2.24) is 10.4 Å². The first kappa shape index (κ1) is 12.2. The Labute approximate surface area is 106 Å². The summed E-state index contributed by atoms with van der Waals surface area (Å²) in [6, 6.07) is 3.65. The molecule has 3 N–H and O–H groups in total. The molecule has 1 amide bonds. The van der Waals surface area contributed by atoms with Crippen LogP contribution in [0.1, 0.15) is 20.2 Å². The SMILES string of the molecule is Cc1coc(SCc2ccc(C(=O)NN)s2)n1. The van der Waals surface area contributed by atoms with Crippen LogP contribution < -0.4 is 11.3 Å². The Morgan fingerprint density at radius 3 is 3.12 bits per heavy atom. The fourth-order valence-electron chi connectivity index (χ4n) is 1.18. The summed E-state index contributed by atoms with van der Waals surface area (Å²) < 4.78 is 5.22. The molecule has 7 heteroatoms. The molecule has 2 aromatic rings.